The molecule has 0 saturated carbocycles. The van der Waals surface area contributed by atoms with E-state index >= 15 is 0 Å². The summed E-state index contributed by atoms with van der Waals surface area (Å²) in [6, 6.07) is 6.74. The molecule has 0 aliphatic heterocycles. The lowest BCUT2D eigenvalue weighted by molar-refractivity contribution is 0.612. The van der Waals surface area contributed by atoms with Crippen molar-refractivity contribution in [1.29, 1.82) is 0 Å². The van der Waals surface area contributed by atoms with E-state index in [1.165, 1.54) is 6.07 Å². The van der Waals surface area contributed by atoms with E-state index in [1.807, 2.05) is 33.9 Å². The van der Waals surface area contributed by atoms with Crippen LogP contribution in [0.25, 0.3) is 0 Å². The molecule has 4 nitrogen and oxygen atoms in total. The molecule has 0 aliphatic carbocycles. The number of anilines is 2. The Balaban J connectivity index is 2.27. The Morgan fingerprint density at radius 3 is 2.43 bits per heavy atom. The van der Waals surface area contributed by atoms with Gasteiger partial charge in [-0.15, -0.1) is 0 Å². The molecule has 2 aromatic rings. The summed E-state index contributed by atoms with van der Waals surface area (Å²) in [5.74, 6) is 2.31. The molecule has 0 radical (unpaired) electrons. The van der Waals surface area contributed by atoms with Crippen LogP contribution < -0.4 is 10.6 Å². The zero-order valence-electron chi connectivity index (χ0n) is 12.9. The molecule has 0 unspecified atom stereocenters. The molecule has 1 heterocycles. The van der Waals surface area contributed by atoms with Crippen LogP contribution >= 0.6 is 0 Å². The van der Waals surface area contributed by atoms with Crippen molar-refractivity contribution in [2.45, 2.75) is 33.2 Å². The fraction of sp³-hybridized carbons (Fsp3) is 0.375. The second-order valence-electron chi connectivity index (χ2n) is 5.25. The first-order chi connectivity index (χ1) is 10.0. The maximum atomic E-state index is 13.7. The van der Waals surface area contributed by atoms with Crippen LogP contribution in [0.1, 0.15) is 36.7 Å². The lowest BCUT2D eigenvalue weighted by Crippen LogP contribution is -2.11. The number of nitrogens with zero attached hydrogens (tertiary/aromatic N) is 2. The summed E-state index contributed by atoms with van der Waals surface area (Å²) in [5, 5.41) is 6.28. The molecule has 1 aromatic heterocycles. The third-order valence-electron chi connectivity index (χ3n) is 3.32. The zero-order valence-corrected chi connectivity index (χ0v) is 12.9. The van der Waals surface area contributed by atoms with Gasteiger partial charge in [-0.1, -0.05) is 32.0 Å². The summed E-state index contributed by atoms with van der Waals surface area (Å²) >= 11 is 0. The van der Waals surface area contributed by atoms with E-state index in [9.17, 15) is 4.39 Å². The van der Waals surface area contributed by atoms with Crippen LogP contribution in [0.3, 0.4) is 0 Å². The molecule has 0 saturated heterocycles. The highest BCUT2D eigenvalue weighted by Gasteiger charge is 2.12. The lowest BCUT2D eigenvalue weighted by Gasteiger charge is -2.15. The van der Waals surface area contributed by atoms with E-state index in [4.69, 9.17) is 0 Å². The minimum absolute atomic E-state index is 0.213. The van der Waals surface area contributed by atoms with Crippen molar-refractivity contribution in [3.05, 3.63) is 47.0 Å². The largest absolute Gasteiger partial charge is 0.373 e. The molecule has 0 fully saturated rings. The first kappa shape index (κ1) is 15.2. The topological polar surface area (TPSA) is 49.8 Å². The number of aromatic nitrogens is 2. The molecule has 21 heavy (non-hydrogen) atoms. The minimum Gasteiger partial charge on any atom is -0.373 e. The molecule has 1 aromatic carbocycles. The van der Waals surface area contributed by atoms with Crippen LogP contribution in [0.4, 0.5) is 16.0 Å². The highest BCUT2D eigenvalue weighted by Crippen LogP contribution is 2.23. The monoisotopic (exact) mass is 288 g/mol. The average Bonchev–Trinajstić information content (AvgIpc) is 2.47. The van der Waals surface area contributed by atoms with Gasteiger partial charge in [0.15, 0.2) is 0 Å². The van der Waals surface area contributed by atoms with Crippen LogP contribution in [-0.4, -0.2) is 17.0 Å². The third-order valence-corrected chi connectivity index (χ3v) is 3.32. The predicted octanol–water partition coefficient (Wildman–Crippen LogP) is 3.70. The number of rotatable bonds is 5. The highest BCUT2D eigenvalue weighted by molar-refractivity contribution is 5.57. The van der Waals surface area contributed by atoms with Gasteiger partial charge < -0.3 is 10.6 Å². The standard InChI is InChI=1S/C16H21FN4/c1-10(2)14-20-15(18-4)11(3)16(21-14)19-9-12-7-5-6-8-13(12)17/h5-8,10H,9H2,1-4H3,(H2,18,19,20,21). The van der Waals surface area contributed by atoms with Gasteiger partial charge in [-0.05, 0) is 13.0 Å². The maximum Gasteiger partial charge on any atom is 0.135 e. The smallest absolute Gasteiger partial charge is 0.135 e. The van der Waals surface area contributed by atoms with Crippen molar-refractivity contribution >= 4 is 11.6 Å². The summed E-state index contributed by atoms with van der Waals surface area (Å²) < 4.78 is 13.7. The van der Waals surface area contributed by atoms with E-state index in [-0.39, 0.29) is 11.7 Å². The van der Waals surface area contributed by atoms with Gasteiger partial charge in [0.05, 0.1) is 0 Å². The summed E-state index contributed by atoms with van der Waals surface area (Å²) in [4.78, 5) is 9.03. The Hall–Kier alpha value is -2.17. The molecule has 0 spiro atoms. The minimum atomic E-state index is -0.213. The number of hydrogen-bond acceptors (Lipinski definition) is 4. The quantitative estimate of drug-likeness (QED) is 0.880. The van der Waals surface area contributed by atoms with Crippen molar-refractivity contribution < 1.29 is 4.39 Å². The molecule has 0 amide bonds. The number of halogens is 1. The number of nitrogens with one attached hydrogen (secondary N) is 2. The van der Waals surface area contributed by atoms with Crippen molar-refractivity contribution in [2.75, 3.05) is 17.7 Å². The second kappa shape index (κ2) is 6.52. The Morgan fingerprint density at radius 2 is 1.81 bits per heavy atom. The van der Waals surface area contributed by atoms with Gasteiger partial charge in [0, 0.05) is 30.6 Å². The molecule has 0 aliphatic rings. The van der Waals surface area contributed by atoms with Crippen LogP contribution in [0.5, 0.6) is 0 Å². The van der Waals surface area contributed by atoms with Gasteiger partial charge >= 0.3 is 0 Å². The van der Waals surface area contributed by atoms with Gasteiger partial charge in [0.2, 0.25) is 0 Å². The van der Waals surface area contributed by atoms with Gasteiger partial charge in [-0.25, -0.2) is 14.4 Å². The van der Waals surface area contributed by atoms with Crippen LogP contribution in [-0.2, 0) is 6.54 Å². The van der Waals surface area contributed by atoms with E-state index in [0.717, 1.165) is 23.0 Å². The Labute approximate surface area is 124 Å². The molecule has 0 atom stereocenters. The Morgan fingerprint density at radius 1 is 1.14 bits per heavy atom. The van der Waals surface area contributed by atoms with Crippen molar-refractivity contribution in [3.63, 3.8) is 0 Å². The van der Waals surface area contributed by atoms with Crippen molar-refractivity contribution in [3.8, 4) is 0 Å². The fourth-order valence-electron chi connectivity index (χ4n) is 2.03. The van der Waals surface area contributed by atoms with Crippen molar-refractivity contribution in [2.24, 2.45) is 0 Å². The molecule has 2 N–H and O–H groups in total. The summed E-state index contributed by atoms with van der Waals surface area (Å²) in [7, 11) is 1.83. The first-order valence-corrected chi connectivity index (χ1v) is 7.06. The molecular formula is C16H21FN4. The van der Waals surface area contributed by atoms with Crippen LogP contribution in [0.2, 0.25) is 0 Å². The molecule has 2 rings (SSSR count). The second-order valence-corrected chi connectivity index (χ2v) is 5.25. The molecule has 0 bridgehead atoms. The van der Waals surface area contributed by atoms with Crippen molar-refractivity contribution in [1.82, 2.24) is 9.97 Å². The Bertz CT molecular complexity index is 626. The normalized spacial score (nSPS) is 10.8. The van der Waals surface area contributed by atoms with E-state index in [0.29, 0.717) is 12.1 Å². The van der Waals surface area contributed by atoms with Gasteiger partial charge in [-0.2, -0.15) is 0 Å². The first-order valence-electron chi connectivity index (χ1n) is 7.06. The summed E-state index contributed by atoms with van der Waals surface area (Å²) in [6.45, 7) is 6.43. The van der Waals surface area contributed by atoms with E-state index in [2.05, 4.69) is 20.6 Å². The molecule has 5 heteroatoms. The molecule has 112 valence electrons. The highest BCUT2D eigenvalue weighted by atomic mass is 19.1. The zero-order chi connectivity index (χ0) is 15.4. The van der Waals surface area contributed by atoms with E-state index < -0.39 is 0 Å². The SMILES string of the molecule is CNc1nc(C(C)C)nc(NCc2ccccc2F)c1C. The fourth-order valence-corrected chi connectivity index (χ4v) is 2.03. The Kier molecular flexibility index (Phi) is 4.73. The van der Waals surface area contributed by atoms with Crippen LogP contribution in [0, 0.1) is 12.7 Å². The van der Waals surface area contributed by atoms with Gasteiger partial charge in [-0.3, -0.25) is 0 Å². The third kappa shape index (κ3) is 3.48. The van der Waals surface area contributed by atoms with Gasteiger partial charge in [0.1, 0.15) is 23.3 Å². The van der Waals surface area contributed by atoms with E-state index in [1.54, 1.807) is 12.1 Å². The lowest BCUT2D eigenvalue weighted by atomic mass is 10.2. The number of hydrogen-bond donors (Lipinski definition) is 2. The maximum absolute atomic E-state index is 13.7. The number of benzene rings is 1. The predicted molar refractivity (Wildman–Crippen MR) is 84.1 cm³/mol. The summed E-state index contributed by atoms with van der Waals surface area (Å²) in [6.07, 6.45) is 0. The molecular weight excluding hydrogens is 267 g/mol. The summed E-state index contributed by atoms with van der Waals surface area (Å²) in [5.41, 5.74) is 1.55. The van der Waals surface area contributed by atoms with Crippen LogP contribution in [0.15, 0.2) is 24.3 Å². The van der Waals surface area contributed by atoms with Gasteiger partial charge in [0.25, 0.3) is 0 Å². The average molecular weight is 288 g/mol.